The van der Waals surface area contributed by atoms with Crippen LogP contribution < -0.4 is 10.6 Å². The molecule has 0 fully saturated rings. The van der Waals surface area contributed by atoms with Crippen LogP contribution in [0.15, 0.2) is 30.3 Å². The summed E-state index contributed by atoms with van der Waals surface area (Å²) in [4.78, 5) is 48.0. The molecule has 1 aromatic carbocycles. The zero-order valence-electron chi connectivity index (χ0n) is 18.3. The Balaban J connectivity index is 2.68. The van der Waals surface area contributed by atoms with Gasteiger partial charge in [-0.15, -0.1) is 0 Å². The maximum Gasteiger partial charge on any atom is 0.407 e. The number of aldehydes is 1. The topological polar surface area (TPSA) is 120 Å². The molecule has 9 heteroatoms. The molecule has 0 saturated heterocycles. The highest BCUT2D eigenvalue weighted by Gasteiger charge is 2.27. The quantitative estimate of drug-likeness (QED) is 0.241. The third-order valence-corrected chi connectivity index (χ3v) is 4.27. The van der Waals surface area contributed by atoms with Gasteiger partial charge in [0.1, 0.15) is 12.6 Å². The van der Waals surface area contributed by atoms with Gasteiger partial charge in [0, 0.05) is 13.5 Å². The molecular formula is C22H32N2O7. The highest BCUT2D eigenvalue weighted by molar-refractivity contribution is 6.28. The summed E-state index contributed by atoms with van der Waals surface area (Å²) in [6.07, 6.45) is -0.0747. The summed E-state index contributed by atoms with van der Waals surface area (Å²) >= 11 is 0. The average Bonchev–Trinajstić information content (AvgIpc) is 2.75. The Morgan fingerprint density at radius 3 is 2.26 bits per heavy atom. The maximum atomic E-state index is 12.8. The molecule has 0 radical (unpaired) electrons. The SMILES string of the molecule is COCCOCCOC(=O)NC(CC(C)C)C(=O)NC(Cc1ccccc1)C(=O)C=O. The minimum absolute atomic E-state index is 0.0197. The van der Waals surface area contributed by atoms with E-state index in [0.717, 1.165) is 5.56 Å². The lowest BCUT2D eigenvalue weighted by atomic mass is 10.00. The van der Waals surface area contributed by atoms with Gasteiger partial charge in [0.2, 0.25) is 11.7 Å². The molecule has 0 saturated carbocycles. The van der Waals surface area contributed by atoms with Crippen molar-refractivity contribution in [3.63, 3.8) is 0 Å². The molecule has 0 aliphatic carbocycles. The van der Waals surface area contributed by atoms with Gasteiger partial charge in [0.15, 0.2) is 6.29 Å². The van der Waals surface area contributed by atoms with Crippen molar-refractivity contribution in [3.8, 4) is 0 Å². The van der Waals surface area contributed by atoms with E-state index in [2.05, 4.69) is 10.6 Å². The first-order valence-electron chi connectivity index (χ1n) is 10.2. The first-order chi connectivity index (χ1) is 14.9. The Labute approximate surface area is 182 Å². The fraction of sp³-hybridized carbons (Fsp3) is 0.545. The van der Waals surface area contributed by atoms with Crippen LogP contribution in [0.25, 0.3) is 0 Å². The highest BCUT2D eigenvalue weighted by atomic mass is 16.6. The van der Waals surface area contributed by atoms with Gasteiger partial charge >= 0.3 is 6.09 Å². The van der Waals surface area contributed by atoms with Crippen molar-refractivity contribution in [2.24, 2.45) is 5.92 Å². The molecule has 31 heavy (non-hydrogen) atoms. The number of ether oxygens (including phenoxy) is 3. The number of alkyl carbamates (subject to hydrolysis) is 1. The van der Waals surface area contributed by atoms with Crippen LogP contribution in [0.3, 0.4) is 0 Å². The van der Waals surface area contributed by atoms with E-state index in [-0.39, 0.29) is 31.8 Å². The summed E-state index contributed by atoms with van der Waals surface area (Å²) in [5.74, 6) is -1.21. The average molecular weight is 437 g/mol. The molecule has 0 aromatic heterocycles. The Morgan fingerprint density at radius 1 is 0.968 bits per heavy atom. The largest absolute Gasteiger partial charge is 0.447 e. The lowest BCUT2D eigenvalue weighted by Gasteiger charge is -2.23. The summed E-state index contributed by atoms with van der Waals surface area (Å²) in [5, 5.41) is 5.11. The van der Waals surface area contributed by atoms with Crippen LogP contribution >= 0.6 is 0 Å². The molecule has 9 nitrogen and oxygen atoms in total. The van der Waals surface area contributed by atoms with Crippen molar-refractivity contribution in [3.05, 3.63) is 35.9 Å². The third-order valence-electron chi connectivity index (χ3n) is 4.27. The Morgan fingerprint density at radius 2 is 1.65 bits per heavy atom. The third kappa shape index (κ3) is 11.3. The fourth-order valence-electron chi connectivity index (χ4n) is 2.75. The molecule has 0 heterocycles. The number of methoxy groups -OCH3 is 1. The van der Waals surface area contributed by atoms with Gasteiger partial charge in [-0.2, -0.15) is 0 Å². The Bertz CT molecular complexity index is 694. The number of benzene rings is 1. The second-order valence-electron chi connectivity index (χ2n) is 7.34. The van der Waals surface area contributed by atoms with Crippen LogP contribution in [-0.4, -0.2) is 69.7 Å². The van der Waals surface area contributed by atoms with Gasteiger partial charge in [0.05, 0.1) is 25.9 Å². The van der Waals surface area contributed by atoms with E-state index in [1.54, 1.807) is 31.4 Å². The normalized spacial score (nSPS) is 12.6. The number of rotatable bonds is 15. The fourth-order valence-corrected chi connectivity index (χ4v) is 2.75. The molecule has 0 bridgehead atoms. The summed E-state index contributed by atoms with van der Waals surface area (Å²) in [5.41, 5.74) is 0.796. The first-order valence-corrected chi connectivity index (χ1v) is 10.2. The maximum absolute atomic E-state index is 12.8. The monoisotopic (exact) mass is 436 g/mol. The number of nitrogens with one attached hydrogen (secondary N) is 2. The lowest BCUT2D eigenvalue weighted by molar-refractivity contribution is -0.133. The van der Waals surface area contributed by atoms with Gasteiger partial charge < -0.3 is 24.8 Å². The molecule has 0 spiro atoms. The number of Topliss-reactive ketones (excluding diaryl/α,β-unsaturated/α-hetero) is 1. The van der Waals surface area contributed by atoms with Crippen molar-refractivity contribution in [2.45, 2.75) is 38.8 Å². The van der Waals surface area contributed by atoms with Crippen LogP contribution in [0, 0.1) is 5.92 Å². The second kappa shape index (κ2) is 15.1. The van der Waals surface area contributed by atoms with E-state index in [1.807, 2.05) is 19.9 Å². The first kappa shape index (κ1) is 26.3. The predicted molar refractivity (Wildman–Crippen MR) is 114 cm³/mol. The van der Waals surface area contributed by atoms with E-state index in [0.29, 0.717) is 19.6 Å². The van der Waals surface area contributed by atoms with Crippen LogP contribution in [0.5, 0.6) is 0 Å². The summed E-state index contributed by atoms with van der Waals surface area (Å²) in [7, 11) is 1.56. The molecule has 2 atom stereocenters. The summed E-state index contributed by atoms with van der Waals surface area (Å²) < 4.78 is 15.1. The standard InChI is InChI=1S/C22H32N2O7/c1-16(2)13-19(24-22(28)31-12-11-30-10-9-29-3)21(27)23-18(20(26)15-25)14-17-7-5-4-6-8-17/h4-8,15-16,18-19H,9-14H2,1-3H3,(H,23,27)(H,24,28). The van der Waals surface area contributed by atoms with Crippen molar-refractivity contribution in [1.82, 2.24) is 10.6 Å². The van der Waals surface area contributed by atoms with E-state index in [4.69, 9.17) is 14.2 Å². The smallest absolute Gasteiger partial charge is 0.407 e. The Kier molecular flexibility index (Phi) is 12.8. The lowest BCUT2D eigenvalue weighted by Crippen LogP contribution is -2.53. The molecule has 2 N–H and O–H groups in total. The van der Waals surface area contributed by atoms with Crippen molar-refractivity contribution in [1.29, 1.82) is 0 Å². The molecule has 1 aromatic rings. The number of carbonyl (C=O) groups excluding carboxylic acids is 4. The molecule has 2 unspecified atom stereocenters. The summed E-state index contributed by atoms with van der Waals surface area (Å²) in [6, 6.07) is 7.10. The number of ketones is 1. The minimum Gasteiger partial charge on any atom is -0.447 e. The number of hydrogen-bond donors (Lipinski definition) is 2. The van der Waals surface area contributed by atoms with E-state index >= 15 is 0 Å². The molecule has 0 aliphatic heterocycles. The molecule has 2 amide bonds. The van der Waals surface area contributed by atoms with Crippen LogP contribution in [0.2, 0.25) is 0 Å². The molecule has 0 aliphatic rings. The molecule has 1 rings (SSSR count). The van der Waals surface area contributed by atoms with Crippen LogP contribution in [0.4, 0.5) is 4.79 Å². The number of hydrogen-bond acceptors (Lipinski definition) is 7. The Hall–Kier alpha value is -2.78. The number of amides is 2. The van der Waals surface area contributed by atoms with E-state index in [9.17, 15) is 19.2 Å². The van der Waals surface area contributed by atoms with Crippen molar-refractivity contribution in [2.75, 3.05) is 33.5 Å². The van der Waals surface area contributed by atoms with Crippen LogP contribution in [-0.2, 0) is 35.0 Å². The predicted octanol–water partition coefficient (Wildman–Crippen LogP) is 1.29. The van der Waals surface area contributed by atoms with Gasteiger partial charge in [-0.1, -0.05) is 44.2 Å². The number of carbonyl (C=O) groups is 4. The highest BCUT2D eigenvalue weighted by Crippen LogP contribution is 2.08. The minimum atomic E-state index is -1.02. The van der Waals surface area contributed by atoms with Crippen molar-refractivity contribution >= 4 is 24.1 Å². The summed E-state index contributed by atoms with van der Waals surface area (Å²) in [6.45, 7) is 4.83. The second-order valence-corrected chi connectivity index (χ2v) is 7.34. The molecule has 172 valence electrons. The van der Waals surface area contributed by atoms with Gasteiger partial charge in [0.25, 0.3) is 0 Å². The van der Waals surface area contributed by atoms with Crippen LogP contribution in [0.1, 0.15) is 25.8 Å². The van der Waals surface area contributed by atoms with E-state index in [1.165, 1.54) is 0 Å². The van der Waals surface area contributed by atoms with Gasteiger partial charge in [-0.3, -0.25) is 14.4 Å². The van der Waals surface area contributed by atoms with E-state index < -0.39 is 29.9 Å². The van der Waals surface area contributed by atoms with Gasteiger partial charge in [-0.05, 0) is 17.9 Å². The molecular weight excluding hydrogens is 404 g/mol. The van der Waals surface area contributed by atoms with Gasteiger partial charge in [-0.25, -0.2) is 4.79 Å². The van der Waals surface area contributed by atoms with Crippen molar-refractivity contribution < 1.29 is 33.4 Å². The zero-order valence-corrected chi connectivity index (χ0v) is 18.3. The zero-order chi connectivity index (χ0) is 23.1.